The van der Waals surface area contributed by atoms with Crippen molar-refractivity contribution < 1.29 is 9.47 Å². The summed E-state index contributed by atoms with van der Waals surface area (Å²) in [6.45, 7) is 2.69. The molecule has 0 N–H and O–H groups in total. The number of ether oxygens (including phenoxy) is 2. The van der Waals surface area contributed by atoms with E-state index in [4.69, 9.17) is 9.47 Å². The highest BCUT2D eigenvalue weighted by atomic mass is 16.5. The van der Waals surface area contributed by atoms with Gasteiger partial charge in [0.15, 0.2) is 0 Å². The van der Waals surface area contributed by atoms with E-state index in [0.717, 1.165) is 19.4 Å². The summed E-state index contributed by atoms with van der Waals surface area (Å²) in [6, 6.07) is 0.258. The Kier molecular flexibility index (Phi) is 5.22. The fourth-order valence-electron chi connectivity index (χ4n) is 4.15. The lowest BCUT2D eigenvalue weighted by atomic mass is 9.94. The highest BCUT2D eigenvalue weighted by Crippen LogP contribution is 2.34. The molecule has 7 heteroatoms. The fraction of sp³-hybridized carbons (Fsp3) is 0.765. The third-order valence-electron chi connectivity index (χ3n) is 5.47. The Bertz CT molecular complexity index is 696. The first kappa shape index (κ1) is 17.4. The molecule has 7 nitrogen and oxygen atoms in total. The molecule has 24 heavy (non-hydrogen) atoms. The van der Waals surface area contributed by atoms with Gasteiger partial charge in [0.05, 0.1) is 19.3 Å². The molecule has 134 valence electrons. The van der Waals surface area contributed by atoms with E-state index in [2.05, 4.69) is 4.90 Å². The zero-order chi connectivity index (χ0) is 17.3. The van der Waals surface area contributed by atoms with E-state index in [1.54, 1.807) is 20.4 Å². The van der Waals surface area contributed by atoms with Crippen LogP contribution in [0.4, 0.5) is 0 Å². The van der Waals surface area contributed by atoms with E-state index in [-0.39, 0.29) is 23.4 Å². The van der Waals surface area contributed by atoms with Crippen molar-refractivity contribution in [3.63, 3.8) is 0 Å². The molecule has 0 radical (unpaired) electrons. The van der Waals surface area contributed by atoms with Gasteiger partial charge < -0.3 is 14.0 Å². The molecule has 1 aromatic rings. The molecular formula is C17H27N3O4. The minimum atomic E-state index is -0.294. The quantitative estimate of drug-likeness (QED) is 0.780. The molecule has 0 spiro atoms. The summed E-state index contributed by atoms with van der Waals surface area (Å²) >= 11 is 0. The molecular weight excluding hydrogens is 310 g/mol. The Morgan fingerprint density at radius 3 is 2.83 bits per heavy atom. The molecule has 0 unspecified atom stereocenters. The average Bonchev–Trinajstić information content (AvgIpc) is 3.06. The number of methoxy groups -OCH3 is 1. The average molecular weight is 337 g/mol. The van der Waals surface area contributed by atoms with Crippen LogP contribution < -0.4 is 11.2 Å². The molecule has 1 saturated carbocycles. The molecule has 2 aliphatic rings. The predicted molar refractivity (Wildman–Crippen MR) is 90.1 cm³/mol. The maximum absolute atomic E-state index is 12.4. The highest BCUT2D eigenvalue weighted by molar-refractivity contribution is 5.06. The number of hydrogen-bond acceptors (Lipinski definition) is 5. The van der Waals surface area contributed by atoms with Crippen LogP contribution in [-0.4, -0.2) is 53.0 Å². The van der Waals surface area contributed by atoms with Crippen LogP contribution in [0.3, 0.4) is 0 Å². The number of aromatic nitrogens is 2. The second-order valence-corrected chi connectivity index (χ2v) is 6.89. The van der Waals surface area contributed by atoms with Crippen LogP contribution in [0.25, 0.3) is 0 Å². The molecule has 1 aromatic heterocycles. The van der Waals surface area contributed by atoms with Gasteiger partial charge in [0.1, 0.15) is 0 Å². The van der Waals surface area contributed by atoms with Crippen LogP contribution in [-0.2, 0) is 30.1 Å². The zero-order valence-electron chi connectivity index (χ0n) is 14.7. The highest BCUT2D eigenvalue weighted by Gasteiger charge is 2.38. The van der Waals surface area contributed by atoms with Crippen LogP contribution >= 0.6 is 0 Å². The Hall–Kier alpha value is -1.44. The molecule has 1 aliphatic carbocycles. The summed E-state index contributed by atoms with van der Waals surface area (Å²) in [6.07, 6.45) is 5.33. The van der Waals surface area contributed by atoms with Gasteiger partial charge in [-0.05, 0) is 12.8 Å². The molecule has 0 aromatic carbocycles. The summed E-state index contributed by atoms with van der Waals surface area (Å²) in [5, 5.41) is 0. The van der Waals surface area contributed by atoms with Gasteiger partial charge in [0.2, 0.25) is 0 Å². The standard InChI is InChI=1S/C17H27N3O4/c1-18-9-12(16(21)19(2)17(18)22)10-20-7-8-24-11-14(20)13-5-4-6-15(13)23-3/h9,13-15H,4-8,10-11H2,1-3H3/t13-,14-,15+/m0/s1. The van der Waals surface area contributed by atoms with Crippen LogP contribution in [0, 0.1) is 5.92 Å². The zero-order valence-corrected chi connectivity index (χ0v) is 14.7. The van der Waals surface area contributed by atoms with Crippen molar-refractivity contribution in [2.75, 3.05) is 26.9 Å². The summed E-state index contributed by atoms with van der Waals surface area (Å²) in [5.41, 5.74) is 0.147. The minimum absolute atomic E-state index is 0.210. The summed E-state index contributed by atoms with van der Waals surface area (Å²) in [4.78, 5) is 26.6. The monoisotopic (exact) mass is 337 g/mol. The second-order valence-electron chi connectivity index (χ2n) is 6.89. The van der Waals surface area contributed by atoms with Crippen molar-refractivity contribution in [2.45, 2.75) is 38.0 Å². The van der Waals surface area contributed by atoms with Crippen LogP contribution in [0.5, 0.6) is 0 Å². The van der Waals surface area contributed by atoms with Gasteiger partial charge in [-0.25, -0.2) is 4.79 Å². The largest absolute Gasteiger partial charge is 0.381 e. The van der Waals surface area contributed by atoms with Crippen molar-refractivity contribution >= 4 is 0 Å². The number of morpholine rings is 1. The molecule has 3 rings (SSSR count). The fourth-order valence-corrected chi connectivity index (χ4v) is 4.15. The maximum Gasteiger partial charge on any atom is 0.330 e. The number of rotatable bonds is 4. The summed E-state index contributed by atoms with van der Waals surface area (Å²) < 4.78 is 14.0. The van der Waals surface area contributed by atoms with E-state index < -0.39 is 0 Å². The number of hydrogen-bond donors (Lipinski definition) is 0. The molecule has 0 amide bonds. The molecule has 1 aliphatic heterocycles. The lowest BCUT2D eigenvalue weighted by molar-refractivity contribution is -0.0610. The first-order chi connectivity index (χ1) is 11.5. The Morgan fingerprint density at radius 2 is 2.08 bits per heavy atom. The smallest absolute Gasteiger partial charge is 0.330 e. The molecule has 0 bridgehead atoms. The van der Waals surface area contributed by atoms with Gasteiger partial charge >= 0.3 is 5.69 Å². The van der Waals surface area contributed by atoms with Crippen LogP contribution in [0.15, 0.2) is 15.8 Å². The first-order valence-corrected chi connectivity index (χ1v) is 8.63. The van der Waals surface area contributed by atoms with Crippen molar-refractivity contribution in [3.05, 3.63) is 32.6 Å². The maximum atomic E-state index is 12.4. The van der Waals surface area contributed by atoms with Gasteiger partial charge in [-0.1, -0.05) is 6.42 Å². The van der Waals surface area contributed by atoms with Gasteiger partial charge in [0, 0.05) is 58.0 Å². The lowest BCUT2D eigenvalue weighted by Gasteiger charge is -2.40. The third kappa shape index (κ3) is 3.20. The topological polar surface area (TPSA) is 65.7 Å². The lowest BCUT2D eigenvalue weighted by Crippen LogP contribution is -2.52. The van der Waals surface area contributed by atoms with E-state index >= 15 is 0 Å². The van der Waals surface area contributed by atoms with E-state index in [1.807, 2.05) is 0 Å². The van der Waals surface area contributed by atoms with Gasteiger partial charge in [-0.15, -0.1) is 0 Å². The SMILES string of the molecule is CO[C@@H]1CCC[C@H]1[C@@H]1COCCN1Cc1cn(C)c(=O)n(C)c1=O. The van der Waals surface area contributed by atoms with Crippen molar-refractivity contribution in [2.24, 2.45) is 20.0 Å². The van der Waals surface area contributed by atoms with Crippen LogP contribution in [0.2, 0.25) is 0 Å². The first-order valence-electron chi connectivity index (χ1n) is 8.63. The van der Waals surface area contributed by atoms with Gasteiger partial charge in [0.25, 0.3) is 5.56 Å². The molecule has 3 atom stereocenters. The molecule has 1 saturated heterocycles. The normalized spacial score (nSPS) is 28.4. The Labute approximate surface area is 141 Å². The van der Waals surface area contributed by atoms with Crippen LogP contribution in [0.1, 0.15) is 24.8 Å². The predicted octanol–water partition coefficient (Wildman–Crippen LogP) is 0.0999. The van der Waals surface area contributed by atoms with E-state index in [0.29, 0.717) is 31.2 Å². The minimum Gasteiger partial charge on any atom is -0.381 e. The molecule has 2 fully saturated rings. The number of nitrogens with zero attached hydrogens (tertiary/aromatic N) is 3. The van der Waals surface area contributed by atoms with Crippen molar-refractivity contribution in [3.8, 4) is 0 Å². The van der Waals surface area contributed by atoms with Crippen molar-refractivity contribution in [1.82, 2.24) is 14.0 Å². The summed E-state index contributed by atoms with van der Waals surface area (Å²) in [5.74, 6) is 0.437. The summed E-state index contributed by atoms with van der Waals surface area (Å²) in [7, 11) is 4.99. The van der Waals surface area contributed by atoms with Crippen molar-refractivity contribution in [1.29, 1.82) is 0 Å². The van der Waals surface area contributed by atoms with Gasteiger partial charge in [-0.2, -0.15) is 0 Å². The molecule has 2 heterocycles. The Morgan fingerprint density at radius 1 is 1.29 bits per heavy atom. The van der Waals surface area contributed by atoms with E-state index in [9.17, 15) is 9.59 Å². The van der Waals surface area contributed by atoms with Gasteiger partial charge in [-0.3, -0.25) is 14.3 Å². The second kappa shape index (κ2) is 7.21. The van der Waals surface area contributed by atoms with E-state index in [1.165, 1.54) is 22.6 Å². The Balaban J connectivity index is 1.85. The third-order valence-corrected chi connectivity index (χ3v) is 5.47. The number of aryl methyl sites for hydroxylation is 1.